The lowest BCUT2D eigenvalue weighted by atomic mass is 10.2. The largest absolute Gasteiger partial charge is 0.326 e. The third-order valence-corrected chi connectivity index (χ3v) is 3.85. The van der Waals surface area contributed by atoms with Crippen molar-refractivity contribution in [3.63, 3.8) is 0 Å². The first-order valence-electron chi connectivity index (χ1n) is 7.06. The summed E-state index contributed by atoms with van der Waals surface area (Å²) >= 11 is 3.37. The molecule has 112 valence electrons. The lowest BCUT2D eigenvalue weighted by Gasteiger charge is -2.05. The summed E-state index contributed by atoms with van der Waals surface area (Å²) in [5.41, 5.74) is 1.64. The topological polar surface area (TPSA) is 59.3 Å². The molecule has 6 heteroatoms. The predicted octanol–water partition coefficient (Wildman–Crippen LogP) is 3.45. The van der Waals surface area contributed by atoms with Crippen LogP contribution in [0.3, 0.4) is 0 Å². The van der Waals surface area contributed by atoms with Gasteiger partial charge in [-0.25, -0.2) is 0 Å². The number of halogens is 1. The third-order valence-electron chi connectivity index (χ3n) is 3.32. The molecule has 0 unspecified atom stereocenters. The van der Waals surface area contributed by atoms with E-state index in [1.165, 1.54) is 0 Å². The van der Waals surface area contributed by atoms with Gasteiger partial charge in [0.25, 0.3) is 0 Å². The zero-order chi connectivity index (χ0) is 15.4. The zero-order valence-corrected chi connectivity index (χ0v) is 13.5. The van der Waals surface area contributed by atoms with Gasteiger partial charge in [-0.1, -0.05) is 22.0 Å². The Labute approximate surface area is 136 Å². The fourth-order valence-corrected chi connectivity index (χ4v) is 2.49. The number of hydrogen-bond donors (Lipinski definition) is 1. The molecule has 0 radical (unpaired) electrons. The molecule has 0 aliphatic carbocycles. The van der Waals surface area contributed by atoms with E-state index in [0.717, 1.165) is 34.5 Å². The Morgan fingerprint density at radius 2 is 1.95 bits per heavy atom. The summed E-state index contributed by atoms with van der Waals surface area (Å²) in [6.45, 7) is 0. The SMILES string of the molecule is O=C(CCCc1nnc2ccccn12)Nc1ccc(Br)cc1. The van der Waals surface area contributed by atoms with E-state index < -0.39 is 0 Å². The molecule has 22 heavy (non-hydrogen) atoms. The Morgan fingerprint density at radius 1 is 1.14 bits per heavy atom. The van der Waals surface area contributed by atoms with Crippen molar-refractivity contribution in [2.75, 3.05) is 5.32 Å². The van der Waals surface area contributed by atoms with Gasteiger partial charge in [0.15, 0.2) is 5.65 Å². The van der Waals surface area contributed by atoms with E-state index in [4.69, 9.17) is 0 Å². The van der Waals surface area contributed by atoms with Gasteiger partial charge in [-0.05, 0) is 42.8 Å². The fourth-order valence-electron chi connectivity index (χ4n) is 2.23. The zero-order valence-electron chi connectivity index (χ0n) is 11.9. The minimum atomic E-state index is 0.0103. The second-order valence-corrected chi connectivity index (χ2v) is 5.87. The van der Waals surface area contributed by atoms with Crippen LogP contribution in [0.15, 0.2) is 53.1 Å². The molecule has 0 spiro atoms. The number of benzene rings is 1. The summed E-state index contributed by atoms with van der Waals surface area (Å²) in [5, 5.41) is 11.1. The number of anilines is 1. The number of amides is 1. The standard InChI is InChI=1S/C16H15BrN4O/c17-12-7-9-13(10-8-12)18-16(22)6-3-5-15-20-19-14-4-1-2-11-21(14)15/h1-2,4,7-11H,3,5-6H2,(H,18,22). The third kappa shape index (κ3) is 3.51. The highest BCUT2D eigenvalue weighted by molar-refractivity contribution is 9.10. The smallest absolute Gasteiger partial charge is 0.224 e. The van der Waals surface area contributed by atoms with E-state index in [1.807, 2.05) is 53.1 Å². The molecule has 0 bridgehead atoms. The van der Waals surface area contributed by atoms with Crippen molar-refractivity contribution < 1.29 is 4.79 Å². The lowest BCUT2D eigenvalue weighted by Crippen LogP contribution is -2.11. The average Bonchev–Trinajstić information content (AvgIpc) is 2.93. The lowest BCUT2D eigenvalue weighted by molar-refractivity contribution is -0.116. The predicted molar refractivity (Wildman–Crippen MR) is 88.7 cm³/mol. The van der Waals surface area contributed by atoms with Crippen molar-refractivity contribution in [2.45, 2.75) is 19.3 Å². The molecular weight excluding hydrogens is 344 g/mol. The van der Waals surface area contributed by atoms with Crippen molar-refractivity contribution in [3.05, 3.63) is 59.0 Å². The Balaban J connectivity index is 1.52. The highest BCUT2D eigenvalue weighted by Crippen LogP contribution is 2.14. The number of nitrogens with one attached hydrogen (secondary N) is 1. The Bertz CT molecular complexity index is 782. The molecule has 0 atom stereocenters. The molecule has 1 amide bonds. The van der Waals surface area contributed by atoms with Gasteiger partial charge in [0, 0.05) is 29.2 Å². The summed E-state index contributed by atoms with van der Waals surface area (Å²) in [7, 11) is 0. The molecule has 0 fully saturated rings. The molecule has 1 aromatic carbocycles. The Kier molecular flexibility index (Phi) is 4.48. The maximum absolute atomic E-state index is 11.9. The van der Waals surface area contributed by atoms with Crippen molar-refractivity contribution >= 4 is 33.2 Å². The summed E-state index contributed by atoms with van der Waals surface area (Å²) < 4.78 is 2.94. The van der Waals surface area contributed by atoms with Crippen LogP contribution >= 0.6 is 15.9 Å². The molecule has 1 N–H and O–H groups in total. The molecule has 2 aromatic heterocycles. The van der Waals surface area contributed by atoms with Gasteiger partial charge in [0.1, 0.15) is 5.82 Å². The Morgan fingerprint density at radius 3 is 2.77 bits per heavy atom. The van der Waals surface area contributed by atoms with Crippen LogP contribution in [0, 0.1) is 0 Å². The van der Waals surface area contributed by atoms with Gasteiger partial charge < -0.3 is 5.32 Å². The maximum atomic E-state index is 11.9. The van der Waals surface area contributed by atoms with E-state index in [1.54, 1.807) is 0 Å². The number of rotatable bonds is 5. The van der Waals surface area contributed by atoms with Crippen molar-refractivity contribution in [3.8, 4) is 0 Å². The van der Waals surface area contributed by atoms with E-state index in [9.17, 15) is 4.79 Å². The molecular formula is C16H15BrN4O. The van der Waals surface area contributed by atoms with Crippen LogP contribution in [0.4, 0.5) is 5.69 Å². The van der Waals surface area contributed by atoms with E-state index >= 15 is 0 Å². The number of carbonyl (C=O) groups excluding carboxylic acids is 1. The van der Waals surface area contributed by atoms with E-state index in [0.29, 0.717) is 6.42 Å². The average molecular weight is 359 g/mol. The minimum absolute atomic E-state index is 0.0103. The van der Waals surface area contributed by atoms with Crippen molar-refractivity contribution in [2.24, 2.45) is 0 Å². The highest BCUT2D eigenvalue weighted by Gasteiger charge is 2.07. The number of fused-ring (bicyclic) bond motifs is 1. The minimum Gasteiger partial charge on any atom is -0.326 e. The second kappa shape index (κ2) is 6.70. The van der Waals surface area contributed by atoms with Gasteiger partial charge in [-0.2, -0.15) is 0 Å². The Hall–Kier alpha value is -2.21. The monoisotopic (exact) mass is 358 g/mol. The van der Waals surface area contributed by atoms with E-state index in [-0.39, 0.29) is 5.91 Å². The van der Waals surface area contributed by atoms with Crippen LogP contribution in [0.25, 0.3) is 5.65 Å². The molecule has 0 saturated carbocycles. The quantitative estimate of drug-likeness (QED) is 0.759. The summed E-state index contributed by atoms with van der Waals surface area (Å²) in [5.74, 6) is 0.892. The van der Waals surface area contributed by atoms with Crippen LogP contribution in [-0.4, -0.2) is 20.5 Å². The van der Waals surface area contributed by atoms with Crippen LogP contribution in [0.5, 0.6) is 0 Å². The summed E-state index contributed by atoms with van der Waals surface area (Å²) in [4.78, 5) is 11.9. The molecule has 2 heterocycles. The molecule has 0 saturated heterocycles. The fraction of sp³-hybridized carbons (Fsp3) is 0.188. The van der Waals surface area contributed by atoms with E-state index in [2.05, 4.69) is 31.4 Å². The summed E-state index contributed by atoms with van der Waals surface area (Å²) in [6, 6.07) is 13.3. The number of nitrogens with zero attached hydrogens (tertiary/aromatic N) is 3. The highest BCUT2D eigenvalue weighted by atomic mass is 79.9. The molecule has 3 rings (SSSR count). The maximum Gasteiger partial charge on any atom is 0.224 e. The van der Waals surface area contributed by atoms with Gasteiger partial charge in [-0.15, -0.1) is 10.2 Å². The summed E-state index contributed by atoms with van der Waals surface area (Å²) in [6.07, 6.45) is 3.85. The number of aromatic nitrogens is 3. The number of aryl methyl sites for hydroxylation is 1. The first kappa shape index (κ1) is 14.7. The number of pyridine rings is 1. The molecule has 5 nitrogen and oxygen atoms in total. The van der Waals surface area contributed by atoms with Crippen LogP contribution in [0.1, 0.15) is 18.7 Å². The van der Waals surface area contributed by atoms with Crippen molar-refractivity contribution in [1.82, 2.24) is 14.6 Å². The van der Waals surface area contributed by atoms with Gasteiger partial charge in [0.05, 0.1) is 0 Å². The molecule has 0 aliphatic heterocycles. The van der Waals surface area contributed by atoms with Crippen molar-refractivity contribution in [1.29, 1.82) is 0 Å². The molecule has 0 aliphatic rings. The van der Waals surface area contributed by atoms with Gasteiger partial charge >= 0.3 is 0 Å². The van der Waals surface area contributed by atoms with Gasteiger partial charge in [0.2, 0.25) is 5.91 Å². The molecule has 3 aromatic rings. The number of carbonyl (C=O) groups is 1. The van der Waals surface area contributed by atoms with Gasteiger partial charge in [-0.3, -0.25) is 9.20 Å². The first-order chi connectivity index (χ1) is 10.7. The van der Waals surface area contributed by atoms with Crippen LogP contribution < -0.4 is 5.32 Å². The van der Waals surface area contributed by atoms with Crippen LogP contribution in [0.2, 0.25) is 0 Å². The second-order valence-electron chi connectivity index (χ2n) is 4.95. The number of hydrogen-bond acceptors (Lipinski definition) is 3. The first-order valence-corrected chi connectivity index (χ1v) is 7.86. The van der Waals surface area contributed by atoms with Crippen LogP contribution in [-0.2, 0) is 11.2 Å². The normalized spacial score (nSPS) is 10.8.